The molecule has 0 bridgehead atoms. The molecule has 0 aromatic heterocycles. The first kappa shape index (κ1) is 21.8. The van der Waals surface area contributed by atoms with Crippen molar-refractivity contribution in [1.82, 2.24) is 0 Å². The number of rotatable bonds is 5. The van der Waals surface area contributed by atoms with Gasteiger partial charge in [-0.2, -0.15) is 13.2 Å². The number of fused-ring (bicyclic) bond motifs is 1. The van der Waals surface area contributed by atoms with Crippen LogP contribution >= 0.6 is 11.6 Å². The van der Waals surface area contributed by atoms with Crippen LogP contribution in [0.3, 0.4) is 0 Å². The number of halogens is 4. The molecule has 0 spiro atoms. The summed E-state index contributed by atoms with van der Waals surface area (Å²) in [7, 11) is 1.46. The second kappa shape index (κ2) is 8.59. The third-order valence-electron chi connectivity index (χ3n) is 4.91. The number of carbonyl (C=O) groups excluding carboxylic acids is 1. The van der Waals surface area contributed by atoms with Gasteiger partial charge >= 0.3 is 6.18 Å². The summed E-state index contributed by atoms with van der Waals surface area (Å²) in [6, 6.07) is 15.2. The molecule has 4 rings (SSSR count). The van der Waals surface area contributed by atoms with Crippen molar-refractivity contribution >= 4 is 34.8 Å². The first-order valence-electron chi connectivity index (χ1n) is 9.54. The predicted octanol–water partition coefficient (Wildman–Crippen LogP) is 6.44. The Morgan fingerprint density at radius 1 is 1.03 bits per heavy atom. The van der Waals surface area contributed by atoms with Crippen molar-refractivity contribution in [2.75, 3.05) is 12.4 Å². The molecule has 0 radical (unpaired) electrons. The van der Waals surface area contributed by atoms with E-state index in [0.717, 1.165) is 17.7 Å². The molecule has 0 fully saturated rings. The van der Waals surface area contributed by atoms with Crippen molar-refractivity contribution in [3.8, 4) is 11.5 Å². The van der Waals surface area contributed by atoms with E-state index in [9.17, 15) is 18.0 Å². The number of benzene rings is 3. The minimum Gasteiger partial charge on any atom is -0.493 e. The standard InChI is InChI=1S/C24H17ClF3NO3/c1-31-22-11-14(10-19-18-7-6-17(25)12-20(18)29-23(19)30)5-8-21(22)32-13-15-3-2-4-16(9-15)24(26,27)28/h2-12H,13H2,1H3,(H,29,30). The Morgan fingerprint density at radius 3 is 2.59 bits per heavy atom. The highest BCUT2D eigenvalue weighted by Crippen LogP contribution is 2.36. The molecule has 3 aromatic carbocycles. The van der Waals surface area contributed by atoms with E-state index in [1.807, 2.05) is 0 Å². The van der Waals surface area contributed by atoms with E-state index in [0.29, 0.717) is 38.9 Å². The van der Waals surface area contributed by atoms with Crippen molar-refractivity contribution in [2.24, 2.45) is 0 Å². The van der Waals surface area contributed by atoms with Gasteiger partial charge in [-0.15, -0.1) is 0 Å². The van der Waals surface area contributed by atoms with Crippen LogP contribution in [0.25, 0.3) is 11.6 Å². The molecule has 0 saturated carbocycles. The lowest BCUT2D eigenvalue weighted by Crippen LogP contribution is -2.06. The van der Waals surface area contributed by atoms with Crippen LogP contribution in [0.1, 0.15) is 22.3 Å². The number of carbonyl (C=O) groups is 1. The number of ether oxygens (including phenoxy) is 2. The molecule has 1 aliphatic heterocycles. The summed E-state index contributed by atoms with van der Waals surface area (Å²) in [6.45, 7) is -0.0583. The van der Waals surface area contributed by atoms with E-state index in [-0.39, 0.29) is 12.5 Å². The van der Waals surface area contributed by atoms with Crippen LogP contribution in [-0.4, -0.2) is 13.0 Å². The summed E-state index contributed by atoms with van der Waals surface area (Å²) >= 11 is 5.98. The molecule has 1 heterocycles. The van der Waals surface area contributed by atoms with Crippen molar-refractivity contribution in [1.29, 1.82) is 0 Å². The molecule has 0 atom stereocenters. The van der Waals surface area contributed by atoms with Crippen LogP contribution in [0.15, 0.2) is 60.7 Å². The van der Waals surface area contributed by atoms with E-state index in [1.54, 1.807) is 48.5 Å². The molecular formula is C24H17ClF3NO3. The highest BCUT2D eigenvalue weighted by Gasteiger charge is 2.30. The number of amides is 1. The molecule has 164 valence electrons. The number of hydrogen-bond acceptors (Lipinski definition) is 3. The van der Waals surface area contributed by atoms with E-state index >= 15 is 0 Å². The molecule has 1 amide bonds. The maximum absolute atomic E-state index is 12.9. The van der Waals surface area contributed by atoms with Gasteiger partial charge in [-0.05, 0) is 53.6 Å². The molecule has 4 nitrogen and oxygen atoms in total. The molecule has 0 saturated heterocycles. The SMILES string of the molecule is COc1cc(C=C2C(=O)Nc3cc(Cl)ccc32)ccc1OCc1cccc(C(F)(F)F)c1. The topological polar surface area (TPSA) is 47.6 Å². The van der Waals surface area contributed by atoms with Crippen LogP contribution in [-0.2, 0) is 17.6 Å². The minimum atomic E-state index is -4.42. The smallest absolute Gasteiger partial charge is 0.416 e. The minimum absolute atomic E-state index is 0.0583. The first-order valence-corrected chi connectivity index (χ1v) is 9.92. The number of methoxy groups -OCH3 is 1. The Morgan fingerprint density at radius 2 is 1.84 bits per heavy atom. The third-order valence-corrected chi connectivity index (χ3v) is 5.15. The Kier molecular flexibility index (Phi) is 5.84. The first-order chi connectivity index (χ1) is 15.2. The van der Waals surface area contributed by atoms with Gasteiger partial charge in [0, 0.05) is 16.2 Å². The van der Waals surface area contributed by atoms with Gasteiger partial charge in [0.25, 0.3) is 5.91 Å². The van der Waals surface area contributed by atoms with Gasteiger partial charge in [0.2, 0.25) is 0 Å². The molecule has 8 heteroatoms. The average Bonchev–Trinajstić information content (AvgIpc) is 3.06. The Bertz CT molecular complexity index is 1220. The zero-order valence-electron chi connectivity index (χ0n) is 16.8. The van der Waals surface area contributed by atoms with E-state index in [4.69, 9.17) is 21.1 Å². The lowest BCUT2D eigenvalue weighted by molar-refractivity contribution is -0.137. The molecule has 32 heavy (non-hydrogen) atoms. The monoisotopic (exact) mass is 459 g/mol. The molecule has 0 unspecified atom stereocenters. The molecule has 3 aromatic rings. The fraction of sp³-hybridized carbons (Fsp3) is 0.125. The second-order valence-electron chi connectivity index (χ2n) is 7.10. The zero-order chi connectivity index (χ0) is 22.9. The van der Waals surface area contributed by atoms with Gasteiger partial charge in [0.15, 0.2) is 11.5 Å². The van der Waals surface area contributed by atoms with Crippen LogP contribution in [0, 0.1) is 0 Å². The second-order valence-corrected chi connectivity index (χ2v) is 7.54. The predicted molar refractivity (Wildman–Crippen MR) is 117 cm³/mol. The highest BCUT2D eigenvalue weighted by atomic mass is 35.5. The van der Waals surface area contributed by atoms with Crippen molar-refractivity contribution in [3.05, 3.63) is 87.9 Å². The van der Waals surface area contributed by atoms with Crippen molar-refractivity contribution in [3.63, 3.8) is 0 Å². The normalized spacial score (nSPS) is 14.3. The average molecular weight is 460 g/mol. The number of hydrogen-bond donors (Lipinski definition) is 1. The van der Waals surface area contributed by atoms with Crippen molar-refractivity contribution < 1.29 is 27.4 Å². The summed E-state index contributed by atoms with van der Waals surface area (Å²) in [5, 5.41) is 3.30. The Hall–Kier alpha value is -3.45. The summed E-state index contributed by atoms with van der Waals surface area (Å²) in [5.74, 6) is 0.516. The van der Waals surface area contributed by atoms with Crippen LogP contribution in [0.2, 0.25) is 5.02 Å². The lowest BCUT2D eigenvalue weighted by atomic mass is 10.0. The number of alkyl halides is 3. The fourth-order valence-electron chi connectivity index (χ4n) is 3.37. The molecule has 0 aliphatic carbocycles. The van der Waals surface area contributed by atoms with Gasteiger partial charge in [-0.3, -0.25) is 4.79 Å². The molecule has 1 N–H and O–H groups in total. The van der Waals surface area contributed by atoms with Gasteiger partial charge in [-0.25, -0.2) is 0 Å². The van der Waals surface area contributed by atoms with Crippen LogP contribution in [0.5, 0.6) is 11.5 Å². The van der Waals surface area contributed by atoms with Crippen LogP contribution < -0.4 is 14.8 Å². The zero-order valence-corrected chi connectivity index (χ0v) is 17.6. The van der Waals surface area contributed by atoms with Crippen molar-refractivity contribution in [2.45, 2.75) is 12.8 Å². The summed E-state index contributed by atoms with van der Waals surface area (Å²) < 4.78 is 49.8. The van der Waals surface area contributed by atoms with E-state index in [1.165, 1.54) is 13.2 Å². The highest BCUT2D eigenvalue weighted by molar-refractivity contribution is 6.36. The lowest BCUT2D eigenvalue weighted by Gasteiger charge is -2.13. The van der Waals surface area contributed by atoms with Gasteiger partial charge in [0.05, 0.1) is 18.4 Å². The summed E-state index contributed by atoms with van der Waals surface area (Å²) in [5.41, 5.74) is 2.21. The number of anilines is 1. The van der Waals surface area contributed by atoms with E-state index in [2.05, 4.69) is 5.32 Å². The summed E-state index contributed by atoms with van der Waals surface area (Å²) in [4.78, 5) is 12.4. The van der Waals surface area contributed by atoms with Gasteiger partial charge in [-0.1, -0.05) is 35.9 Å². The Labute approximate surface area is 187 Å². The largest absolute Gasteiger partial charge is 0.493 e. The fourth-order valence-corrected chi connectivity index (χ4v) is 3.54. The third kappa shape index (κ3) is 4.57. The molecular weight excluding hydrogens is 443 g/mol. The quantitative estimate of drug-likeness (QED) is 0.447. The summed E-state index contributed by atoms with van der Waals surface area (Å²) in [6.07, 6.45) is -2.70. The number of nitrogens with one attached hydrogen (secondary N) is 1. The van der Waals surface area contributed by atoms with Crippen LogP contribution in [0.4, 0.5) is 18.9 Å². The maximum atomic E-state index is 12.9. The van der Waals surface area contributed by atoms with Gasteiger partial charge in [0.1, 0.15) is 6.61 Å². The van der Waals surface area contributed by atoms with E-state index < -0.39 is 11.7 Å². The molecule has 1 aliphatic rings. The van der Waals surface area contributed by atoms with Gasteiger partial charge < -0.3 is 14.8 Å². The maximum Gasteiger partial charge on any atom is 0.416 e. The Balaban J connectivity index is 1.56.